The van der Waals surface area contributed by atoms with Crippen molar-refractivity contribution in [3.05, 3.63) is 91.9 Å². The number of hydrogen-bond acceptors (Lipinski definition) is 5. The molecule has 1 aromatic heterocycles. The van der Waals surface area contributed by atoms with Gasteiger partial charge in [-0.2, -0.15) is 13.2 Å². The zero-order valence-electron chi connectivity index (χ0n) is 28.9. The average Bonchev–Trinajstić information content (AvgIpc) is 3.28. The summed E-state index contributed by atoms with van der Waals surface area (Å²) >= 11 is 0. The van der Waals surface area contributed by atoms with Gasteiger partial charge in [0.2, 0.25) is 5.91 Å². The van der Waals surface area contributed by atoms with Gasteiger partial charge in [0.1, 0.15) is 17.7 Å². The van der Waals surface area contributed by atoms with Crippen LogP contribution in [0.5, 0.6) is 0 Å². The van der Waals surface area contributed by atoms with E-state index in [9.17, 15) is 37.1 Å². The molecule has 0 spiro atoms. The van der Waals surface area contributed by atoms with E-state index < -0.39 is 59.3 Å². The first kappa shape index (κ1) is 38.7. The molecule has 2 atom stereocenters. The van der Waals surface area contributed by atoms with Crippen LogP contribution in [0.25, 0.3) is 11.1 Å². The topological polar surface area (TPSA) is 101 Å². The standard InChI is InChI=1S/C37H44F5N3O5/c1-21(2)13-31(45-20-25(29(18-32(45)46)37(40,41)42)7-9-44-8-6-11-50-12-10-44)36(49)43-30(19-33(47)48)28-17-26(14-24(5)35(28)39)34-22(3)15-27(38)16-23(34)4/h14-18,20-21,30-31H,6-13,19H2,1-5H3,(H,43,49)(H,47,48)/t30-,31+/m1/s1. The quantitative estimate of drug-likeness (QED) is 0.199. The molecule has 0 aliphatic carbocycles. The Morgan fingerprint density at radius 3 is 2.28 bits per heavy atom. The highest BCUT2D eigenvalue weighted by molar-refractivity contribution is 5.82. The number of carbonyl (C=O) groups is 2. The van der Waals surface area contributed by atoms with E-state index in [1.165, 1.54) is 25.1 Å². The predicted octanol–water partition coefficient (Wildman–Crippen LogP) is 6.92. The minimum Gasteiger partial charge on any atom is -0.481 e. The SMILES string of the molecule is Cc1cc(-c2c(C)cc(F)cc2C)cc([C@@H](CC(=O)O)NC(=O)[C@H](CC(C)C)n2cc(CCN3CCCOCC3)c(C(F)(F)F)cc2=O)c1F. The zero-order valence-corrected chi connectivity index (χ0v) is 28.9. The maximum absolute atomic E-state index is 15.8. The molecule has 0 bridgehead atoms. The second kappa shape index (κ2) is 16.3. The Balaban J connectivity index is 1.76. The molecular formula is C37H44F5N3O5. The number of nitrogens with zero attached hydrogens (tertiary/aromatic N) is 2. The van der Waals surface area contributed by atoms with Crippen molar-refractivity contribution in [1.82, 2.24) is 14.8 Å². The van der Waals surface area contributed by atoms with Crippen LogP contribution in [0.1, 0.15) is 78.6 Å². The van der Waals surface area contributed by atoms with Crippen LogP contribution in [0.3, 0.4) is 0 Å². The third-order valence-electron chi connectivity index (χ3n) is 8.95. The fourth-order valence-corrected chi connectivity index (χ4v) is 6.63. The summed E-state index contributed by atoms with van der Waals surface area (Å²) in [7, 11) is 0. The first-order valence-electron chi connectivity index (χ1n) is 16.7. The molecule has 8 nitrogen and oxygen atoms in total. The molecule has 1 fully saturated rings. The summed E-state index contributed by atoms with van der Waals surface area (Å²) in [5.41, 5.74) is -0.0434. The van der Waals surface area contributed by atoms with Crippen molar-refractivity contribution in [3.8, 4) is 11.1 Å². The predicted molar refractivity (Wildman–Crippen MR) is 179 cm³/mol. The van der Waals surface area contributed by atoms with Crippen molar-refractivity contribution in [2.75, 3.05) is 32.8 Å². The molecule has 50 heavy (non-hydrogen) atoms. The van der Waals surface area contributed by atoms with E-state index in [4.69, 9.17) is 4.74 Å². The minimum absolute atomic E-state index is 0.0231. The number of hydrogen-bond donors (Lipinski definition) is 2. The second-order valence-electron chi connectivity index (χ2n) is 13.4. The molecule has 0 unspecified atom stereocenters. The van der Waals surface area contributed by atoms with Crippen molar-refractivity contribution < 1.29 is 41.4 Å². The molecule has 2 N–H and O–H groups in total. The van der Waals surface area contributed by atoms with E-state index in [2.05, 4.69) is 5.32 Å². The number of rotatable bonds is 12. The Morgan fingerprint density at radius 1 is 0.980 bits per heavy atom. The van der Waals surface area contributed by atoms with E-state index in [0.717, 1.165) is 17.2 Å². The van der Waals surface area contributed by atoms with Crippen LogP contribution >= 0.6 is 0 Å². The Bertz CT molecular complexity index is 1740. The number of nitrogens with one attached hydrogen (secondary N) is 1. The lowest BCUT2D eigenvalue weighted by Gasteiger charge is -2.27. The highest BCUT2D eigenvalue weighted by Gasteiger charge is 2.36. The molecule has 2 heterocycles. The van der Waals surface area contributed by atoms with Gasteiger partial charge < -0.3 is 24.6 Å². The summed E-state index contributed by atoms with van der Waals surface area (Å²) in [4.78, 5) is 41.4. The smallest absolute Gasteiger partial charge is 0.416 e. The molecule has 1 saturated heterocycles. The van der Waals surface area contributed by atoms with Crippen LogP contribution in [0.2, 0.25) is 0 Å². The average molecular weight is 706 g/mol. The number of pyridine rings is 1. The van der Waals surface area contributed by atoms with Gasteiger partial charge in [0.25, 0.3) is 5.56 Å². The van der Waals surface area contributed by atoms with E-state index >= 15 is 4.39 Å². The van der Waals surface area contributed by atoms with Gasteiger partial charge in [-0.15, -0.1) is 0 Å². The molecule has 1 aliphatic heterocycles. The molecule has 3 aromatic rings. The molecular weight excluding hydrogens is 661 g/mol. The summed E-state index contributed by atoms with van der Waals surface area (Å²) < 4.78 is 78.8. The van der Waals surface area contributed by atoms with Crippen LogP contribution in [-0.2, 0) is 26.9 Å². The molecule has 0 radical (unpaired) electrons. The van der Waals surface area contributed by atoms with Crippen LogP contribution in [0.4, 0.5) is 22.0 Å². The molecule has 13 heteroatoms. The Labute approximate surface area is 288 Å². The lowest BCUT2D eigenvalue weighted by Crippen LogP contribution is -2.41. The van der Waals surface area contributed by atoms with Gasteiger partial charge in [0.15, 0.2) is 0 Å². The summed E-state index contributed by atoms with van der Waals surface area (Å²) in [5.74, 6) is -3.62. The normalized spacial score (nSPS) is 15.5. The first-order valence-corrected chi connectivity index (χ1v) is 16.7. The van der Waals surface area contributed by atoms with Crippen LogP contribution in [0.15, 0.2) is 41.3 Å². The second-order valence-corrected chi connectivity index (χ2v) is 13.4. The largest absolute Gasteiger partial charge is 0.481 e. The monoisotopic (exact) mass is 705 g/mol. The number of ether oxygens (including phenoxy) is 1. The van der Waals surface area contributed by atoms with Gasteiger partial charge in [0.05, 0.1) is 24.6 Å². The lowest BCUT2D eigenvalue weighted by molar-refractivity contribution is -0.139. The summed E-state index contributed by atoms with van der Waals surface area (Å²) in [5, 5.41) is 12.4. The Morgan fingerprint density at radius 2 is 1.66 bits per heavy atom. The van der Waals surface area contributed by atoms with Crippen LogP contribution < -0.4 is 10.9 Å². The number of aliphatic carboxylic acids is 1. The number of aromatic nitrogens is 1. The fourth-order valence-electron chi connectivity index (χ4n) is 6.63. The van der Waals surface area contributed by atoms with Crippen molar-refractivity contribution in [3.63, 3.8) is 0 Å². The highest BCUT2D eigenvalue weighted by atomic mass is 19.4. The van der Waals surface area contributed by atoms with Gasteiger partial charge in [0, 0.05) is 44.1 Å². The van der Waals surface area contributed by atoms with Crippen molar-refractivity contribution in [1.29, 1.82) is 0 Å². The van der Waals surface area contributed by atoms with Gasteiger partial charge in [-0.1, -0.05) is 13.8 Å². The first-order chi connectivity index (χ1) is 23.5. The molecule has 1 amide bonds. The number of carboxylic acids is 1. The van der Waals surface area contributed by atoms with Gasteiger partial charge in [-0.25, -0.2) is 8.78 Å². The van der Waals surface area contributed by atoms with Crippen molar-refractivity contribution >= 4 is 11.9 Å². The molecule has 272 valence electrons. The maximum atomic E-state index is 15.8. The lowest BCUT2D eigenvalue weighted by atomic mass is 9.90. The number of aryl methyl sites for hydroxylation is 3. The third-order valence-corrected chi connectivity index (χ3v) is 8.95. The molecule has 0 saturated carbocycles. The minimum atomic E-state index is -4.82. The van der Waals surface area contributed by atoms with Crippen LogP contribution in [0, 0.1) is 38.3 Å². The van der Waals surface area contributed by atoms with Gasteiger partial charge in [-0.05, 0) is 104 Å². The van der Waals surface area contributed by atoms with E-state index in [0.29, 0.717) is 54.6 Å². The third kappa shape index (κ3) is 9.57. The summed E-state index contributed by atoms with van der Waals surface area (Å²) in [6.45, 7) is 10.9. The number of benzene rings is 2. The maximum Gasteiger partial charge on any atom is 0.416 e. The number of carboxylic acid groups (broad SMARTS) is 1. The summed E-state index contributed by atoms with van der Waals surface area (Å²) in [6, 6.07) is 3.37. The van der Waals surface area contributed by atoms with Crippen molar-refractivity contribution in [2.45, 2.75) is 78.6 Å². The fraction of sp³-hybridized carbons (Fsp3) is 0.486. The number of alkyl halides is 3. The zero-order chi connectivity index (χ0) is 36.9. The number of carbonyl (C=O) groups excluding carboxylic acids is 1. The molecule has 1 aliphatic rings. The van der Waals surface area contributed by atoms with E-state index in [-0.39, 0.29) is 42.0 Å². The Kier molecular flexibility index (Phi) is 12.6. The number of halogens is 5. The highest BCUT2D eigenvalue weighted by Crippen LogP contribution is 2.35. The van der Waals surface area contributed by atoms with Gasteiger partial charge >= 0.3 is 12.1 Å². The van der Waals surface area contributed by atoms with Crippen molar-refractivity contribution in [2.24, 2.45) is 5.92 Å². The van der Waals surface area contributed by atoms with E-state index in [1.807, 2.05) is 4.90 Å². The van der Waals surface area contributed by atoms with E-state index in [1.54, 1.807) is 33.8 Å². The molecule has 4 rings (SSSR count). The summed E-state index contributed by atoms with van der Waals surface area (Å²) in [6.07, 6.45) is -3.77. The molecule has 2 aromatic carbocycles. The Hall–Kier alpha value is -4.10. The number of amides is 1. The van der Waals surface area contributed by atoms with Gasteiger partial charge in [-0.3, -0.25) is 14.4 Å². The van der Waals surface area contributed by atoms with Crippen LogP contribution in [-0.4, -0.2) is 59.3 Å².